The average Bonchev–Trinajstić information content (AvgIpc) is 2.63. The van der Waals surface area contributed by atoms with E-state index in [-0.39, 0.29) is 49.0 Å². The van der Waals surface area contributed by atoms with Gasteiger partial charge in [-0.25, -0.2) is 4.99 Å². The molecule has 1 fully saturated rings. The molecule has 1 aliphatic rings. The number of benzene rings is 1. The van der Waals surface area contributed by atoms with E-state index >= 15 is 0 Å². The standard InChI is InChI=1S/C19H28Cl2N4O2.HI/c1-2-22-19(24-12-18(27)25-16-6-4-3-5-7-16)23-11-17(26)13-8-14(20)10-15(21)9-13;/h8-10,16-17,26H,2-7,11-12H2,1H3,(H,25,27)(H2,22,23,24);1H. The second kappa shape index (κ2) is 13.5. The summed E-state index contributed by atoms with van der Waals surface area (Å²) in [5.74, 6) is 0.393. The van der Waals surface area contributed by atoms with Crippen molar-refractivity contribution in [1.29, 1.82) is 0 Å². The van der Waals surface area contributed by atoms with Gasteiger partial charge < -0.3 is 21.1 Å². The maximum absolute atomic E-state index is 12.1. The average molecular weight is 543 g/mol. The minimum absolute atomic E-state index is 0. The molecule has 1 saturated carbocycles. The van der Waals surface area contributed by atoms with Crippen molar-refractivity contribution in [2.45, 2.75) is 51.2 Å². The summed E-state index contributed by atoms with van der Waals surface area (Å²) < 4.78 is 0. The summed E-state index contributed by atoms with van der Waals surface area (Å²) >= 11 is 11.9. The number of hydrogen-bond donors (Lipinski definition) is 4. The number of amides is 1. The summed E-state index contributed by atoms with van der Waals surface area (Å²) in [6.07, 6.45) is 4.87. The van der Waals surface area contributed by atoms with Gasteiger partial charge in [0, 0.05) is 29.2 Å². The van der Waals surface area contributed by atoms with Crippen LogP contribution in [0.5, 0.6) is 0 Å². The third-order valence-corrected chi connectivity index (χ3v) is 4.86. The highest BCUT2D eigenvalue weighted by Crippen LogP contribution is 2.23. The van der Waals surface area contributed by atoms with Crippen LogP contribution >= 0.6 is 47.2 Å². The van der Waals surface area contributed by atoms with Crippen molar-refractivity contribution < 1.29 is 9.90 Å². The number of carbonyl (C=O) groups excluding carboxylic acids is 1. The van der Waals surface area contributed by atoms with E-state index in [1.165, 1.54) is 19.3 Å². The van der Waals surface area contributed by atoms with Gasteiger partial charge in [-0.05, 0) is 43.5 Å². The molecule has 0 bridgehead atoms. The SMILES string of the molecule is CCNC(=NCC(=O)NC1CCCCC1)NCC(O)c1cc(Cl)cc(Cl)c1.I. The largest absolute Gasteiger partial charge is 0.387 e. The molecule has 28 heavy (non-hydrogen) atoms. The number of guanidine groups is 1. The molecule has 1 atom stereocenters. The van der Waals surface area contributed by atoms with E-state index in [1.54, 1.807) is 18.2 Å². The molecular formula is C19H29Cl2IN4O2. The quantitative estimate of drug-likeness (QED) is 0.241. The van der Waals surface area contributed by atoms with Crippen LogP contribution in [0.3, 0.4) is 0 Å². The number of carbonyl (C=O) groups is 1. The number of halogens is 3. The zero-order valence-corrected chi connectivity index (χ0v) is 19.9. The number of hydrogen-bond acceptors (Lipinski definition) is 3. The second-order valence-corrected chi connectivity index (χ2v) is 7.57. The first-order valence-corrected chi connectivity index (χ1v) is 10.2. The number of aliphatic imine (C=N–C) groups is 1. The van der Waals surface area contributed by atoms with E-state index in [2.05, 4.69) is 20.9 Å². The molecule has 0 aromatic heterocycles. The van der Waals surface area contributed by atoms with Crippen LogP contribution in [-0.4, -0.2) is 42.6 Å². The maximum atomic E-state index is 12.1. The van der Waals surface area contributed by atoms with Crippen molar-refractivity contribution >= 4 is 59.0 Å². The molecule has 1 unspecified atom stereocenters. The minimum Gasteiger partial charge on any atom is -0.387 e. The summed E-state index contributed by atoms with van der Waals surface area (Å²) in [6, 6.07) is 5.22. The van der Waals surface area contributed by atoms with Gasteiger partial charge in [0.2, 0.25) is 5.91 Å². The van der Waals surface area contributed by atoms with Gasteiger partial charge in [-0.1, -0.05) is 42.5 Å². The summed E-state index contributed by atoms with van der Waals surface area (Å²) in [7, 11) is 0. The molecule has 0 aliphatic heterocycles. The Hall–Kier alpha value is -0.770. The molecule has 0 saturated heterocycles. The van der Waals surface area contributed by atoms with Gasteiger partial charge >= 0.3 is 0 Å². The van der Waals surface area contributed by atoms with Crippen molar-refractivity contribution in [2.75, 3.05) is 19.6 Å². The van der Waals surface area contributed by atoms with Crippen molar-refractivity contribution in [3.63, 3.8) is 0 Å². The fraction of sp³-hybridized carbons (Fsp3) is 0.579. The molecule has 158 valence electrons. The molecule has 9 heteroatoms. The zero-order chi connectivity index (χ0) is 19.6. The summed E-state index contributed by atoms with van der Waals surface area (Å²) in [6.45, 7) is 2.85. The zero-order valence-electron chi connectivity index (χ0n) is 16.0. The molecule has 1 amide bonds. The monoisotopic (exact) mass is 542 g/mol. The third-order valence-electron chi connectivity index (χ3n) is 4.43. The van der Waals surface area contributed by atoms with Crippen LogP contribution in [-0.2, 0) is 4.79 Å². The molecule has 4 N–H and O–H groups in total. The van der Waals surface area contributed by atoms with Gasteiger partial charge in [-0.2, -0.15) is 0 Å². The highest BCUT2D eigenvalue weighted by molar-refractivity contribution is 14.0. The molecule has 2 rings (SSSR count). The lowest BCUT2D eigenvalue weighted by Crippen LogP contribution is -2.41. The van der Waals surface area contributed by atoms with Gasteiger partial charge in [0.1, 0.15) is 6.54 Å². The van der Waals surface area contributed by atoms with Gasteiger partial charge in [0.05, 0.1) is 6.10 Å². The summed E-state index contributed by atoms with van der Waals surface area (Å²) in [5.41, 5.74) is 0.617. The van der Waals surface area contributed by atoms with Crippen molar-refractivity contribution in [2.24, 2.45) is 4.99 Å². The Morgan fingerprint density at radius 3 is 2.43 bits per heavy atom. The number of nitrogens with zero attached hydrogens (tertiary/aromatic N) is 1. The molecule has 0 radical (unpaired) electrons. The van der Waals surface area contributed by atoms with Crippen molar-refractivity contribution in [1.82, 2.24) is 16.0 Å². The maximum Gasteiger partial charge on any atom is 0.242 e. The van der Waals surface area contributed by atoms with E-state index in [0.29, 0.717) is 28.1 Å². The Morgan fingerprint density at radius 1 is 1.18 bits per heavy atom. The Balaban J connectivity index is 0.00000392. The predicted molar refractivity (Wildman–Crippen MR) is 126 cm³/mol. The van der Waals surface area contributed by atoms with Crippen LogP contribution in [0, 0.1) is 0 Å². The molecular weight excluding hydrogens is 514 g/mol. The summed E-state index contributed by atoms with van der Waals surface area (Å²) in [5, 5.41) is 20.4. The lowest BCUT2D eigenvalue weighted by Gasteiger charge is -2.22. The topological polar surface area (TPSA) is 85.8 Å². The Kier molecular flexibility index (Phi) is 12.1. The first-order valence-electron chi connectivity index (χ1n) is 9.43. The van der Waals surface area contributed by atoms with Crippen molar-refractivity contribution in [3.8, 4) is 0 Å². The highest BCUT2D eigenvalue weighted by Gasteiger charge is 2.15. The van der Waals surface area contributed by atoms with E-state index in [1.807, 2.05) is 6.92 Å². The predicted octanol–water partition coefficient (Wildman–Crippen LogP) is 3.65. The number of aliphatic hydroxyl groups is 1. The van der Waals surface area contributed by atoms with E-state index in [9.17, 15) is 9.90 Å². The fourth-order valence-electron chi connectivity index (χ4n) is 3.09. The third kappa shape index (κ3) is 9.15. The minimum atomic E-state index is -0.805. The van der Waals surface area contributed by atoms with Gasteiger partial charge in [0.25, 0.3) is 0 Å². The molecule has 1 aromatic rings. The smallest absolute Gasteiger partial charge is 0.242 e. The van der Waals surface area contributed by atoms with E-state index in [0.717, 1.165) is 12.8 Å². The van der Waals surface area contributed by atoms with Crippen LogP contribution in [0.4, 0.5) is 0 Å². The Labute approximate surface area is 193 Å². The lowest BCUT2D eigenvalue weighted by molar-refractivity contribution is -0.120. The van der Waals surface area contributed by atoms with Gasteiger partial charge in [-0.15, -0.1) is 24.0 Å². The van der Waals surface area contributed by atoms with E-state index < -0.39 is 6.10 Å². The molecule has 1 aliphatic carbocycles. The van der Waals surface area contributed by atoms with Crippen LogP contribution in [0.15, 0.2) is 23.2 Å². The molecule has 0 spiro atoms. The number of rotatable bonds is 7. The fourth-order valence-corrected chi connectivity index (χ4v) is 3.63. The summed E-state index contributed by atoms with van der Waals surface area (Å²) in [4.78, 5) is 16.4. The van der Waals surface area contributed by atoms with Crippen LogP contribution in [0.1, 0.15) is 50.7 Å². The van der Waals surface area contributed by atoms with Gasteiger partial charge in [0.15, 0.2) is 5.96 Å². The Morgan fingerprint density at radius 2 is 1.82 bits per heavy atom. The highest BCUT2D eigenvalue weighted by atomic mass is 127. The number of aliphatic hydroxyl groups excluding tert-OH is 1. The molecule has 1 aromatic carbocycles. The normalized spacial score (nSPS) is 16.1. The van der Waals surface area contributed by atoms with Crippen LogP contribution in [0.2, 0.25) is 10.0 Å². The van der Waals surface area contributed by atoms with E-state index in [4.69, 9.17) is 23.2 Å². The molecule has 6 nitrogen and oxygen atoms in total. The van der Waals surface area contributed by atoms with Crippen LogP contribution < -0.4 is 16.0 Å². The lowest BCUT2D eigenvalue weighted by atomic mass is 9.95. The first kappa shape index (κ1) is 25.3. The molecule has 0 heterocycles. The van der Waals surface area contributed by atoms with Crippen molar-refractivity contribution in [3.05, 3.63) is 33.8 Å². The van der Waals surface area contributed by atoms with Crippen LogP contribution in [0.25, 0.3) is 0 Å². The van der Waals surface area contributed by atoms with Gasteiger partial charge in [-0.3, -0.25) is 4.79 Å². The first-order chi connectivity index (χ1) is 13.0. The second-order valence-electron chi connectivity index (χ2n) is 6.70. The number of nitrogens with one attached hydrogen (secondary N) is 3. The Bertz CT molecular complexity index is 635.